The molecule has 0 saturated heterocycles. The van der Waals surface area contributed by atoms with Gasteiger partial charge in [0.1, 0.15) is 0 Å². The summed E-state index contributed by atoms with van der Waals surface area (Å²) in [5.41, 5.74) is 6.24. The van der Waals surface area contributed by atoms with Crippen molar-refractivity contribution in [2.75, 3.05) is 0 Å². The summed E-state index contributed by atoms with van der Waals surface area (Å²) in [6, 6.07) is 14.4. The highest BCUT2D eigenvalue weighted by Crippen LogP contribution is 2.67. The molecule has 3 aliphatic carbocycles. The van der Waals surface area contributed by atoms with Crippen LogP contribution < -0.4 is 0 Å². The highest BCUT2D eigenvalue weighted by atomic mass is 14.6. The van der Waals surface area contributed by atoms with E-state index in [9.17, 15) is 0 Å². The molecule has 0 radical (unpaired) electrons. The van der Waals surface area contributed by atoms with E-state index >= 15 is 0 Å². The molecule has 0 heterocycles. The summed E-state index contributed by atoms with van der Waals surface area (Å²) < 4.78 is 0. The summed E-state index contributed by atoms with van der Waals surface area (Å²) in [6.45, 7) is 13.7. The summed E-state index contributed by atoms with van der Waals surface area (Å²) in [6.07, 6.45) is 15.1. The monoisotopic (exact) mass is 464 g/mol. The van der Waals surface area contributed by atoms with E-state index in [1.165, 1.54) is 96.0 Å². The maximum atomic E-state index is 4.17. The molecular weight excluding hydrogens is 420 g/mol. The first-order valence-corrected chi connectivity index (χ1v) is 14.6. The Bertz CT molecular complexity index is 1270. The fraction of sp³-hybridized carbons (Fsp3) is 0.543. The zero-order valence-electron chi connectivity index (χ0n) is 22.5. The number of rotatable bonds is 4. The van der Waals surface area contributed by atoms with Crippen molar-refractivity contribution in [3.63, 3.8) is 0 Å². The van der Waals surface area contributed by atoms with E-state index in [0.29, 0.717) is 11.3 Å². The zero-order chi connectivity index (χ0) is 24.3. The van der Waals surface area contributed by atoms with Crippen LogP contribution in [0.25, 0.3) is 27.6 Å². The van der Waals surface area contributed by atoms with Crippen LogP contribution in [-0.4, -0.2) is 0 Å². The van der Waals surface area contributed by atoms with Gasteiger partial charge in [0.25, 0.3) is 0 Å². The predicted molar refractivity (Wildman–Crippen MR) is 153 cm³/mol. The van der Waals surface area contributed by atoms with Crippen LogP contribution in [0.2, 0.25) is 0 Å². The van der Waals surface area contributed by atoms with Gasteiger partial charge in [0.05, 0.1) is 0 Å². The van der Waals surface area contributed by atoms with Crippen LogP contribution in [-0.2, 0) is 0 Å². The minimum Gasteiger partial charge on any atom is -0.0984 e. The lowest BCUT2D eigenvalue weighted by Crippen LogP contribution is -2.35. The van der Waals surface area contributed by atoms with E-state index in [1.807, 2.05) is 0 Å². The van der Waals surface area contributed by atoms with Crippen molar-refractivity contribution < 1.29 is 0 Å². The molecule has 3 aliphatic rings. The molecule has 3 aromatic rings. The lowest BCUT2D eigenvalue weighted by molar-refractivity contribution is 0.0648. The third kappa shape index (κ3) is 3.46. The first-order valence-electron chi connectivity index (χ1n) is 14.6. The highest BCUT2D eigenvalue weighted by molar-refractivity contribution is 6.12. The topological polar surface area (TPSA) is 0 Å². The second-order valence-electron chi connectivity index (χ2n) is 12.4. The van der Waals surface area contributed by atoms with Crippen LogP contribution in [0.4, 0.5) is 0 Å². The summed E-state index contributed by atoms with van der Waals surface area (Å²) in [4.78, 5) is 0. The van der Waals surface area contributed by atoms with Gasteiger partial charge in [-0.2, -0.15) is 0 Å². The number of benzene rings is 3. The Morgan fingerprint density at radius 3 is 2.40 bits per heavy atom. The van der Waals surface area contributed by atoms with Gasteiger partial charge in [-0.1, -0.05) is 75.7 Å². The maximum absolute atomic E-state index is 4.17. The summed E-state index contributed by atoms with van der Waals surface area (Å²) >= 11 is 0. The Hall–Kier alpha value is -2.08. The quantitative estimate of drug-likeness (QED) is 0.337. The van der Waals surface area contributed by atoms with Crippen molar-refractivity contribution in [1.29, 1.82) is 0 Å². The lowest BCUT2D eigenvalue weighted by atomic mass is 9.60. The fourth-order valence-corrected chi connectivity index (χ4v) is 9.74. The van der Waals surface area contributed by atoms with Crippen LogP contribution in [0.3, 0.4) is 0 Å². The van der Waals surface area contributed by atoms with Crippen LogP contribution in [0.1, 0.15) is 99.8 Å². The Balaban J connectivity index is 1.44. The molecule has 0 heteroatoms. The molecule has 3 aromatic carbocycles. The van der Waals surface area contributed by atoms with Gasteiger partial charge in [-0.3, -0.25) is 0 Å². The molecule has 0 spiro atoms. The predicted octanol–water partition coefficient (Wildman–Crippen LogP) is 10.4. The molecule has 3 unspecified atom stereocenters. The number of hydrogen-bond donors (Lipinski definition) is 0. The van der Waals surface area contributed by atoms with Gasteiger partial charge >= 0.3 is 0 Å². The molecule has 6 rings (SSSR count). The Kier molecular flexibility index (Phi) is 5.86. The Morgan fingerprint density at radius 2 is 1.63 bits per heavy atom. The fourth-order valence-electron chi connectivity index (χ4n) is 9.74. The molecule has 0 nitrogen and oxygen atoms in total. The third-order valence-corrected chi connectivity index (χ3v) is 11.2. The average Bonchev–Trinajstić information content (AvgIpc) is 3.17. The molecule has 0 N–H and O–H groups in total. The van der Waals surface area contributed by atoms with Crippen molar-refractivity contribution in [2.24, 2.45) is 29.1 Å². The SMILES string of the molecule is C=Cc1cc(C)cc2ccc3c(C)cc(C4CCC5C6CCCC[C@@H]6C(CC)(CC)[C@@H]5C4)cc3c12. The molecule has 184 valence electrons. The molecule has 3 saturated carbocycles. The average molecular weight is 465 g/mol. The van der Waals surface area contributed by atoms with Gasteiger partial charge in [0.2, 0.25) is 0 Å². The molecule has 0 aliphatic heterocycles. The van der Waals surface area contributed by atoms with Gasteiger partial charge in [0, 0.05) is 0 Å². The second-order valence-corrected chi connectivity index (χ2v) is 12.4. The lowest BCUT2D eigenvalue weighted by Gasteiger charge is -2.44. The minimum absolute atomic E-state index is 0.598. The first-order chi connectivity index (χ1) is 17.0. The van der Waals surface area contributed by atoms with Gasteiger partial charge in [-0.05, 0) is 138 Å². The van der Waals surface area contributed by atoms with E-state index in [0.717, 1.165) is 23.7 Å². The molecular formula is C35H44. The standard InChI is InChI=1S/C35H44/c1-6-24-17-22(4)18-26-14-15-28-23(5)19-27(20-31(28)34(24)26)25-13-16-30-29-11-9-10-12-32(29)35(7-2,8-3)33(30)21-25/h6,14-15,17-20,25,29-30,32-33H,1,7-13,16,21H2,2-5H3/t25?,29?,30?,32-,33+/m0/s1. The van der Waals surface area contributed by atoms with Crippen molar-refractivity contribution in [1.82, 2.24) is 0 Å². The molecule has 0 bridgehead atoms. The van der Waals surface area contributed by atoms with Gasteiger partial charge in [-0.15, -0.1) is 0 Å². The van der Waals surface area contributed by atoms with Crippen molar-refractivity contribution >= 4 is 27.6 Å². The number of aryl methyl sites for hydroxylation is 2. The Labute approximate surface area is 213 Å². The zero-order valence-corrected chi connectivity index (χ0v) is 22.5. The highest BCUT2D eigenvalue weighted by Gasteiger charge is 2.59. The smallest absolute Gasteiger partial charge is 0.00327 e. The number of hydrogen-bond acceptors (Lipinski definition) is 0. The summed E-state index contributed by atoms with van der Waals surface area (Å²) in [5, 5.41) is 5.59. The van der Waals surface area contributed by atoms with Gasteiger partial charge in [0.15, 0.2) is 0 Å². The van der Waals surface area contributed by atoms with Crippen molar-refractivity contribution in [3.05, 3.63) is 65.2 Å². The van der Waals surface area contributed by atoms with E-state index < -0.39 is 0 Å². The van der Waals surface area contributed by atoms with Gasteiger partial charge in [-0.25, -0.2) is 0 Å². The maximum Gasteiger partial charge on any atom is -0.00327 e. The number of fused-ring (bicyclic) bond motifs is 6. The Morgan fingerprint density at radius 1 is 0.857 bits per heavy atom. The van der Waals surface area contributed by atoms with E-state index in [1.54, 1.807) is 5.56 Å². The van der Waals surface area contributed by atoms with Crippen LogP contribution >= 0.6 is 0 Å². The van der Waals surface area contributed by atoms with E-state index in [-0.39, 0.29) is 0 Å². The molecule has 35 heavy (non-hydrogen) atoms. The summed E-state index contributed by atoms with van der Waals surface area (Å²) in [7, 11) is 0. The van der Waals surface area contributed by atoms with E-state index in [2.05, 4.69) is 76.7 Å². The largest absolute Gasteiger partial charge is 0.0984 e. The molecule has 0 aromatic heterocycles. The van der Waals surface area contributed by atoms with Crippen molar-refractivity contribution in [3.8, 4) is 0 Å². The van der Waals surface area contributed by atoms with Crippen LogP contribution in [0.15, 0.2) is 43.0 Å². The molecule has 5 atom stereocenters. The summed E-state index contributed by atoms with van der Waals surface area (Å²) in [5.74, 6) is 4.66. The molecule has 0 amide bonds. The molecule has 3 fully saturated rings. The third-order valence-electron chi connectivity index (χ3n) is 11.2. The van der Waals surface area contributed by atoms with Gasteiger partial charge < -0.3 is 0 Å². The van der Waals surface area contributed by atoms with Crippen LogP contribution in [0, 0.1) is 42.9 Å². The minimum atomic E-state index is 0.598. The normalized spacial score (nSPS) is 29.8. The van der Waals surface area contributed by atoms with Crippen LogP contribution in [0.5, 0.6) is 0 Å². The van der Waals surface area contributed by atoms with Crippen molar-refractivity contribution in [2.45, 2.75) is 91.4 Å². The first kappa shape index (κ1) is 23.3. The van der Waals surface area contributed by atoms with E-state index in [4.69, 9.17) is 0 Å². The second kappa shape index (κ2) is 8.79.